The number of halogens is 1. The molecule has 0 aromatic carbocycles. The zero-order valence-corrected chi connectivity index (χ0v) is 18.0. The molecule has 0 bridgehead atoms. The molecule has 2 atom stereocenters. The van der Waals surface area contributed by atoms with Gasteiger partial charge in [-0.3, -0.25) is 15.5 Å². The molecule has 3 aliphatic rings. The van der Waals surface area contributed by atoms with Crippen LogP contribution in [0.2, 0.25) is 0 Å². The molecule has 8 heteroatoms. The van der Waals surface area contributed by atoms with Crippen molar-refractivity contribution in [2.24, 2.45) is 16.8 Å². The standard InChI is InChI=1S/C21H38FN5O2/c1-21(2,3)25-20(24-19(29)14-6-10-16(28)11-7-14)23-18-12-17(26-27-18)13-4-8-15(22)9-5-13/h13-18,26-28H,4-12H2,1-3H3,(H2,23,24,25,29). The smallest absolute Gasteiger partial charge is 0.229 e. The third kappa shape index (κ3) is 6.89. The van der Waals surface area contributed by atoms with Crippen molar-refractivity contribution in [3.63, 3.8) is 0 Å². The zero-order valence-electron chi connectivity index (χ0n) is 18.0. The molecular weight excluding hydrogens is 373 g/mol. The molecule has 0 spiro atoms. The maximum Gasteiger partial charge on any atom is 0.229 e. The highest BCUT2D eigenvalue weighted by molar-refractivity contribution is 5.98. The van der Waals surface area contributed by atoms with Crippen LogP contribution < -0.4 is 21.5 Å². The van der Waals surface area contributed by atoms with E-state index in [9.17, 15) is 14.3 Å². The Kier molecular flexibility index (Phi) is 7.51. The monoisotopic (exact) mass is 411 g/mol. The van der Waals surface area contributed by atoms with Crippen molar-refractivity contribution in [2.45, 2.75) is 109 Å². The number of aliphatic hydroxyl groups is 1. The van der Waals surface area contributed by atoms with Gasteiger partial charge in [-0.1, -0.05) is 0 Å². The molecule has 1 aliphatic heterocycles. The lowest BCUT2D eigenvalue weighted by atomic mass is 9.82. The van der Waals surface area contributed by atoms with Crippen LogP contribution in [0, 0.1) is 11.8 Å². The van der Waals surface area contributed by atoms with Gasteiger partial charge in [0.05, 0.1) is 6.10 Å². The van der Waals surface area contributed by atoms with Gasteiger partial charge in [0, 0.05) is 23.9 Å². The van der Waals surface area contributed by atoms with Crippen molar-refractivity contribution < 1.29 is 14.3 Å². The molecule has 1 heterocycles. The van der Waals surface area contributed by atoms with E-state index < -0.39 is 6.17 Å². The molecular formula is C21H38FN5O2. The molecule has 2 saturated carbocycles. The second kappa shape index (κ2) is 9.71. The summed E-state index contributed by atoms with van der Waals surface area (Å²) >= 11 is 0. The summed E-state index contributed by atoms with van der Waals surface area (Å²) in [5.41, 5.74) is 6.33. The largest absolute Gasteiger partial charge is 0.393 e. The van der Waals surface area contributed by atoms with Gasteiger partial charge in [0.1, 0.15) is 12.3 Å². The number of hydrogen-bond donors (Lipinski definition) is 5. The fraction of sp³-hybridized carbons (Fsp3) is 0.905. The summed E-state index contributed by atoms with van der Waals surface area (Å²) in [7, 11) is 0. The number of nitrogens with zero attached hydrogens (tertiary/aromatic N) is 1. The summed E-state index contributed by atoms with van der Waals surface area (Å²) in [5, 5.41) is 16.0. The molecule has 7 nitrogen and oxygen atoms in total. The van der Waals surface area contributed by atoms with E-state index in [2.05, 4.69) is 21.5 Å². The first kappa shape index (κ1) is 22.4. The topological polar surface area (TPSA) is 97.8 Å². The third-order valence-electron chi connectivity index (χ3n) is 6.27. The number of aliphatic imine (C=N–C) groups is 1. The Bertz CT molecular complexity index is 578. The predicted molar refractivity (Wildman–Crippen MR) is 112 cm³/mol. The third-order valence-corrected chi connectivity index (χ3v) is 6.27. The molecule has 166 valence electrons. The van der Waals surface area contributed by atoms with Crippen LogP contribution >= 0.6 is 0 Å². The molecule has 2 aliphatic carbocycles. The fourth-order valence-electron chi connectivity index (χ4n) is 4.60. The molecule has 2 unspecified atom stereocenters. The van der Waals surface area contributed by atoms with Gasteiger partial charge >= 0.3 is 0 Å². The summed E-state index contributed by atoms with van der Waals surface area (Å²) in [5.74, 6) is 0.845. The number of hydrazine groups is 1. The summed E-state index contributed by atoms with van der Waals surface area (Å²) < 4.78 is 13.4. The summed E-state index contributed by atoms with van der Waals surface area (Å²) in [4.78, 5) is 17.5. The Balaban J connectivity index is 1.59. The van der Waals surface area contributed by atoms with E-state index in [1.54, 1.807) is 0 Å². The van der Waals surface area contributed by atoms with Crippen molar-refractivity contribution in [1.82, 2.24) is 21.5 Å². The van der Waals surface area contributed by atoms with Crippen molar-refractivity contribution in [1.29, 1.82) is 0 Å². The second-order valence-corrected chi connectivity index (χ2v) is 10.0. The highest BCUT2D eigenvalue weighted by Gasteiger charge is 2.34. The van der Waals surface area contributed by atoms with Gasteiger partial charge < -0.3 is 10.4 Å². The van der Waals surface area contributed by atoms with Crippen molar-refractivity contribution in [3.05, 3.63) is 0 Å². The number of amides is 1. The SMILES string of the molecule is CC(C)(C)N/C(=N\C1CC(C2CCC(F)CC2)NN1)NC(=O)C1CCC(O)CC1. The van der Waals surface area contributed by atoms with E-state index in [-0.39, 0.29) is 35.7 Å². The molecule has 0 aromatic heterocycles. The lowest BCUT2D eigenvalue weighted by molar-refractivity contribution is -0.125. The van der Waals surface area contributed by atoms with Crippen LogP contribution in [-0.2, 0) is 4.79 Å². The first-order chi connectivity index (χ1) is 13.7. The van der Waals surface area contributed by atoms with Crippen LogP contribution in [0.3, 0.4) is 0 Å². The van der Waals surface area contributed by atoms with Crippen LogP contribution in [0.5, 0.6) is 0 Å². The van der Waals surface area contributed by atoms with E-state index in [1.165, 1.54) is 0 Å². The molecule has 29 heavy (non-hydrogen) atoms. The van der Waals surface area contributed by atoms with E-state index in [0.717, 1.165) is 19.3 Å². The minimum atomic E-state index is -0.645. The van der Waals surface area contributed by atoms with Gasteiger partial charge in [-0.05, 0) is 78.1 Å². The highest BCUT2D eigenvalue weighted by atomic mass is 19.1. The number of rotatable bonds is 3. The van der Waals surface area contributed by atoms with E-state index >= 15 is 0 Å². The van der Waals surface area contributed by atoms with Gasteiger partial charge in [0.15, 0.2) is 5.96 Å². The normalized spacial score (nSPS) is 36.7. The summed E-state index contributed by atoms with van der Waals surface area (Å²) in [6.07, 6.45) is 5.65. The quantitative estimate of drug-likeness (QED) is 0.362. The Hall–Kier alpha value is -1.25. The Morgan fingerprint density at radius 2 is 1.69 bits per heavy atom. The molecule has 1 saturated heterocycles. The molecule has 0 aromatic rings. The van der Waals surface area contributed by atoms with Crippen molar-refractivity contribution in [3.8, 4) is 0 Å². The molecule has 1 amide bonds. The Morgan fingerprint density at radius 3 is 2.31 bits per heavy atom. The van der Waals surface area contributed by atoms with Gasteiger partial charge in [0.2, 0.25) is 5.91 Å². The lowest BCUT2D eigenvalue weighted by Crippen LogP contribution is -2.52. The van der Waals surface area contributed by atoms with Crippen molar-refractivity contribution in [2.75, 3.05) is 0 Å². The number of carbonyl (C=O) groups is 1. The molecule has 3 rings (SSSR count). The zero-order chi connectivity index (χ0) is 21.0. The minimum absolute atomic E-state index is 0.0313. The number of carbonyl (C=O) groups excluding carboxylic acids is 1. The van der Waals surface area contributed by atoms with Gasteiger partial charge in [-0.25, -0.2) is 14.8 Å². The van der Waals surface area contributed by atoms with Gasteiger partial charge in [0.25, 0.3) is 0 Å². The predicted octanol–water partition coefficient (Wildman–Crippen LogP) is 2.12. The number of nitrogens with one attached hydrogen (secondary N) is 4. The van der Waals surface area contributed by atoms with Crippen LogP contribution in [0.4, 0.5) is 4.39 Å². The van der Waals surface area contributed by atoms with Crippen LogP contribution in [0.25, 0.3) is 0 Å². The minimum Gasteiger partial charge on any atom is -0.393 e. The average molecular weight is 412 g/mol. The molecule has 0 radical (unpaired) electrons. The maximum atomic E-state index is 13.4. The highest BCUT2D eigenvalue weighted by Crippen LogP contribution is 2.31. The Morgan fingerprint density at radius 1 is 1.03 bits per heavy atom. The van der Waals surface area contributed by atoms with E-state index in [1.807, 2.05) is 20.8 Å². The average Bonchev–Trinajstić information content (AvgIpc) is 3.09. The number of alkyl halides is 1. The molecule has 5 N–H and O–H groups in total. The van der Waals surface area contributed by atoms with Crippen LogP contribution in [0.1, 0.15) is 78.6 Å². The molecule has 3 fully saturated rings. The second-order valence-electron chi connectivity index (χ2n) is 10.0. The van der Waals surface area contributed by atoms with Gasteiger partial charge in [-0.2, -0.15) is 0 Å². The lowest BCUT2D eigenvalue weighted by Gasteiger charge is -2.28. The number of aliphatic hydroxyl groups excluding tert-OH is 1. The number of guanidine groups is 1. The van der Waals surface area contributed by atoms with Crippen LogP contribution in [-0.4, -0.2) is 47.0 Å². The number of hydrogen-bond acceptors (Lipinski definition) is 5. The first-order valence-electron chi connectivity index (χ1n) is 11.2. The van der Waals surface area contributed by atoms with E-state index in [4.69, 9.17) is 4.99 Å². The van der Waals surface area contributed by atoms with Crippen molar-refractivity contribution >= 4 is 11.9 Å². The van der Waals surface area contributed by atoms with E-state index in [0.29, 0.717) is 50.4 Å². The Labute approximate surface area is 173 Å². The summed E-state index contributed by atoms with van der Waals surface area (Å²) in [6.45, 7) is 6.10. The van der Waals surface area contributed by atoms with Gasteiger partial charge in [-0.15, -0.1) is 0 Å². The fourth-order valence-corrected chi connectivity index (χ4v) is 4.60. The summed E-state index contributed by atoms with van der Waals surface area (Å²) in [6, 6.07) is 0.280. The van der Waals surface area contributed by atoms with Crippen LogP contribution in [0.15, 0.2) is 4.99 Å². The maximum absolute atomic E-state index is 13.4. The first-order valence-corrected chi connectivity index (χ1v) is 11.2.